The van der Waals surface area contributed by atoms with E-state index < -0.39 is 5.97 Å². The van der Waals surface area contributed by atoms with E-state index in [4.69, 9.17) is 12.6 Å². The molecular weight excluding hydrogens is 329 g/mol. The fourth-order valence-corrected chi connectivity index (χ4v) is 3.89. The first-order valence-electron chi connectivity index (χ1n) is 8.96. The quantitative estimate of drug-likeness (QED) is 0.619. The maximum atomic E-state index is 13.2. The van der Waals surface area contributed by atoms with Gasteiger partial charge in [0.05, 0.1) is 0 Å². The number of fused-ring (bicyclic) bond motifs is 3. The molecule has 1 amide bonds. The Morgan fingerprint density at radius 3 is 2.92 bits per heavy atom. The van der Waals surface area contributed by atoms with Gasteiger partial charge in [-0.2, -0.15) is 0 Å². The second-order valence-electron chi connectivity index (χ2n) is 6.80. The smallest absolute Gasteiger partial charge is 0.302 e. The van der Waals surface area contributed by atoms with Gasteiger partial charge in [0, 0.05) is 37.5 Å². The maximum Gasteiger partial charge on any atom is 0.302 e. The molecule has 0 atom stereocenters. The number of amides is 1. The number of hydrogen-bond donors (Lipinski definition) is 0. The molecule has 3 heterocycles. The van der Waals surface area contributed by atoms with Crippen LogP contribution in [0, 0.1) is 0 Å². The number of rotatable bonds is 3. The molecule has 0 N–H and O–H groups in total. The van der Waals surface area contributed by atoms with Crippen LogP contribution in [0.4, 0.5) is 5.82 Å². The van der Waals surface area contributed by atoms with Gasteiger partial charge >= 0.3 is 5.97 Å². The van der Waals surface area contributed by atoms with Crippen molar-refractivity contribution in [3.8, 4) is 0 Å². The Hall–Kier alpha value is -2.57. The van der Waals surface area contributed by atoms with Gasteiger partial charge in [-0.05, 0) is 37.3 Å². The number of aromatic nitrogens is 2. The molecule has 132 valence electrons. The van der Waals surface area contributed by atoms with Crippen molar-refractivity contribution in [1.29, 1.82) is 0 Å². The van der Waals surface area contributed by atoms with E-state index in [1.807, 2.05) is 6.07 Å². The van der Waals surface area contributed by atoms with Gasteiger partial charge in [-0.1, -0.05) is 11.5 Å². The minimum Gasteiger partial charge on any atom is -0.461 e. The van der Waals surface area contributed by atoms with E-state index in [2.05, 4.69) is 9.55 Å². The van der Waals surface area contributed by atoms with Crippen LogP contribution in [0.5, 0.6) is 0 Å². The van der Waals surface area contributed by atoms with Gasteiger partial charge in [0.2, 0.25) is 0 Å². The summed E-state index contributed by atoms with van der Waals surface area (Å²) in [6, 6.07) is 3.68. The highest BCUT2D eigenvalue weighted by atomic mass is 16.5. The number of carbonyl (C=O) groups excluding carboxylic acids is 2. The van der Waals surface area contributed by atoms with Gasteiger partial charge in [-0.15, -0.1) is 0 Å². The average Bonchev–Trinajstić information content (AvgIpc) is 3.01. The molecule has 2 aliphatic rings. The van der Waals surface area contributed by atoms with Crippen LogP contribution in [-0.2, 0) is 35.5 Å². The van der Waals surface area contributed by atoms with Gasteiger partial charge in [0.1, 0.15) is 26.0 Å². The third-order valence-corrected chi connectivity index (χ3v) is 5.16. The van der Waals surface area contributed by atoms with Gasteiger partial charge in [0.15, 0.2) is 0 Å². The largest absolute Gasteiger partial charge is 0.461 e. The highest BCUT2D eigenvalue weighted by molar-refractivity contribution is 6.33. The summed E-state index contributed by atoms with van der Waals surface area (Å²) in [5.41, 5.74) is 4.35. The fraction of sp³-hybridized carbons (Fsp3) is 0.421. The number of ether oxygens (including phenoxy) is 1. The summed E-state index contributed by atoms with van der Waals surface area (Å²) < 4.78 is 7.27. The van der Waals surface area contributed by atoms with Crippen molar-refractivity contribution in [1.82, 2.24) is 9.55 Å². The Morgan fingerprint density at radius 2 is 2.12 bits per heavy atom. The maximum absolute atomic E-state index is 13.2. The lowest BCUT2D eigenvalue weighted by Gasteiger charge is -2.30. The molecule has 7 heteroatoms. The Morgan fingerprint density at radius 1 is 1.31 bits per heavy atom. The Kier molecular flexibility index (Phi) is 4.30. The summed E-state index contributed by atoms with van der Waals surface area (Å²) in [4.78, 5) is 30.4. The van der Waals surface area contributed by atoms with Gasteiger partial charge in [-0.25, -0.2) is 4.98 Å². The highest BCUT2D eigenvalue weighted by Crippen LogP contribution is 2.30. The molecule has 1 aliphatic carbocycles. The third kappa shape index (κ3) is 2.81. The predicted octanol–water partition coefficient (Wildman–Crippen LogP) is 1.28. The van der Waals surface area contributed by atoms with Crippen molar-refractivity contribution in [3.05, 3.63) is 40.8 Å². The molecule has 0 bridgehead atoms. The van der Waals surface area contributed by atoms with Crippen LogP contribution in [0.3, 0.4) is 0 Å². The molecule has 0 aromatic carbocycles. The van der Waals surface area contributed by atoms with Gasteiger partial charge in [-0.3, -0.25) is 14.5 Å². The standard InChI is InChI=1S/C19H20BN3O3/c1-12(24)26-11-14-15(20)6-7-21-18(14)23-9-8-22-16-5-3-2-4-13(16)10-17(22)19(23)25/h6-7,10H,2-5,8-9,11H2,1H3. The van der Waals surface area contributed by atoms with Crippen LogP contribution in [0.15, 0.2) is 18.3 Å². The average molecular weight is 349 g/mol. The Balaban J connectivity index is 1.70. The van der Waals surface area contributed by atoms with E-state index in [1.165, 1.54) is 31.0 Å². The van der Waals surface area contributed by atoms with Crippen LogP contribution >= 0.6 is 0 Å². The number of aryl methyl sites for hydroxylation is 1. The molecule has 1 aliphatic heterocycles. The number of anilines is 1. The Bertz CT molecular complexity index is 890. The molecule has 2 radical (unpaired) electrons. The predicted molar refractivity (Wildman–Crippen MR) is 97.8 cm³/mol. The molecule has 26 heavy (non-hydrogen) atoms. The molecule has 2 aromatic heterocycles. The molecule has 0 fully saturated rings. The van der Waals surface area contributed by atoms with Crippen LogP contribution in [-0.4, -0.2) is 35.8 Å². The zero-order chi connectivity index (χ0) is 18.3. The number of pyridine rings is 1. The zero-order valence-electron chi connectivity index (χ0n) is 14.8. The second-order valence-corrected chi connectivity index (χ2v) is 6.80. The topological polar surface area (TPSA) is 64.4 Å². The van der Waals surface area contributed by atoms with E-state index in [0.29, 0.717) is 29.1 Å². The summed E-state index contributed by atoms with van der Waals surface area (Å²) in [6.45, 7) is 2.61. The van der Waals surface area contributed by atoms with Crippen LogP contribution < -0.4 is 10.4 Å². The lowest BCUT2D eigenvalue weighted by atomic mass is 9.91. The zero-order valence-corrected chi connectivity index (χ0v) is 14.8. The van der Waals surface area contributed by atoms with Gasteiger partial charge < -0.3 is 9.30 Å². The van der Waals surface area contributed by atoms with Gasteiger partial charge in [0.25, 0.3) is 5.91 Å². The highest BCUT2D eigenvalue weighted by Gasteiger charge is 2.32. The normalized spacial score (nSPS) is 16.2. The minimum atomic E-state index is -0.397. The second kappa shape index (κ2) is 6.63. The lowest BCUT2D eigenvalue weighted by molar-refractivity contribution is -0.142. The first-order chi connectivity index (χ1) is 12.6. The summed E-state index contributed by atoms with van der Waals surface area (Å²) in [6.07, 6.45) is 6.01. The number of nitrogens with zero attached hydrogens (tertiary/aromatic N) is 3. The van der Waals surface area contributed by atoms with E-state index in [0.717, 1.165) is 19.4 Å². The summed E-state index contributed by atoms with van der Waals surface area (Å²) >= 11 is 0. The molecule has 4 rings (SSSR count). The van der Waals surface area contributed by atoms with Crippen LogP contribution in [0.1, 0.15) is 47.1 Å². The SMILES string of the molecule is [B]c1ccnc(N2CCn3c(cc4c3CCCC4)C2=O)c1COC(C)=O. The molecule has 0 spiro atoms. The van der Waals surface area contributed by atoms with Crippen molar-refractivity contribution < 1.29 is 14.3 Å². The van der Waals surface area contributed by atoms with Crippen molar-refractivity contribution in [3.63, 3.8) is 0 Å². The first kappa shape index (κ1) is 16.9. The third-order valence-electron chi connectivity index (χ3n) is 5.16. The first-order valence-corrected chi connectivity index (χ1v) is 8.96. The van der Waals surface area contributed by atoms with Crippen molar-refractivity contribution in [2.24, 2.45) is 0 Å². The van der Waals surface area contributed by atoms with Crippen LogP contribution in [0.25, 0.3) is 0 Å². The lowest BCUT2D eigenvalue weighted by Crippen LogP contribution is -2.42. The Labute approximate surface area is 153 Å². The summed E-state index contributed by atoms with van der Waals surface area (Å²) in [7, 11) is 6.06. The number of esters is 1. The molecule has 6 nitrogen and oxygen atoms in total. The molecule has 0 unspecified atom stereocenters. The number of carbonyl (C=O) groups is 2. The van der Waals surface area contributed by atoms with Crippen LogP contribution in [0.2, 0.25) is 0 Å². The molecular formula is C19H20BN3O3. The van der Waals surface area contributed by atoms with Crippen molar-refractivity contribution in [2.75, 3.05) is 11.4 Å². The van der Waals surface area contributed by atoms with E-state index in [-0.39, 0.29) is 12.5 Å². The number of hydrogen-bond acceptors (Lipinski definition) is 4. The van der Waals surface area contributed by atoms with Crippen molar-refractivity contribution >= 4 is 31.0 Å². The fourth-order valence-electron chi connectivity index (χ4n) is 3.89. The van der Waals surface area contributed by atoms with E-state index in [1.54, 1.807) is 17.2 Å². The monoisotopic (exact) mass is 349 g/mol. The summed E-state index contributed by atoms with van der Waals surface area (Å²) in [5, 5.41) is 0. The molecule has 0 saturated carbocycles. The van der Waals surface area contributed by atoms with Crippen molar-refractivity contribution in [2.45, 2.75) is 45.8 Å². The molecule has 2 aromatic rings. The minimum absolute atomic E-state index is 0.00559. The summed E-state index contributed by atoms with van der Waals surface area (Å²) in [5.74, 6) is 0.000206. The molecule has 0 saturated heterocycles. The van der Waals surface area contributed by atoms with E-state index >= 15 is 0 Å². The van der Waals surface area contributed by atoms with E-state index in [9.17, 15) is 9.59 Å².